The summed E-state index contributed by atoms with van der Waals surface area (Å²) in [5.74, 6) is -2.70. The summed E-state index contributed by atoms with van der Waals surface area (Å²) in [6, 6.07) is 6.59. The molecule has 14 heteroatoms. The number of hydrogen-bond acceptors (Lipinski definition) is 9. The zero-order valence-corrected chi connectivity index (χ0v) is 20.8. The summed E-state index contributed by atoms with van der Waals surface area (Å²) in [6.45, 7) is 3.49. The summed E-state index contributed by atoms with van der Waals surface area (Å²) in [4.78, 5) is 60.1. The molecule has 0 unspecified atom stereocenters. The van der Waals surface area contributed by atoms with E-state index < -0.39 is 45.9 Å². The Morgan fingerprint density at radius 1 is 1.29 bits per heavy atom. The summed E-state index contributed by atoms with van der Waals surface area (Å²) < 4.78 is -0.733. The number of benzene rings is 1. The highest BCUT2D eigenvalue weighted by atomic mass is 35.5. The Bertz CT molecular complexity index is 1200. The van der Waals surface area contributed by atoms with Crippen LogP contribution in [-0.4, -0.2) is 72.5 Å². The van der Waals surface area contributed by atoms with E-state index >= 15 is 0 Å². The quantitative estimate of drug-likeness (QED) is 0.199. The molecule has 3 N–H and O–H groups in total. The number of anilines is 1. The number of hydrogen-bond donors (Lipinski definition) is 3. The zero-order chi connectivity index (χ0) is 25.3. The number of carboxylic acid groups (broad SMARTS) is 1. The van der Waals surface area contributed by atoms with Crippen LogP contribution in [0, 0.1) is 0 Å². The van der Waals surface area contributed by atoms with E-state index in [1.165, 1.54) is 22.0 Å². The van der Waals surface area contributed by atoms with Crippen LogP contribution in [0.3, 0.4) is 0 Å². The SMILES string of the molecule is CC1(C)S[C@@H]2[C@@H](NC(=O)/C(=N\Oc3ccccc3)c3csc(NC(=O)CCl)n3)C(=O)N2[C@H]1C(=O)O. The Balaban J connectivity index is 1.56. The second kappa shape index (κ2) is 9.84. The number of carbonyl (C=O) groups excluding carboxylic acids is 3. The zero-order valence-electron chi connectivity index (χ0n) is 18.4. The first kappa shape index (κ1) is 24.9. The van der Waals surface area contributed by atoms with Gasteiger partial charge in [-0.15, -0.1) is 34.7 Å². The standard InChI is InChI=1S/C21H20ClN5O6S2/c1-21(2)15(19(31)32)27-17(30)14(18(27)35-21)25-16(29)13(26-33-10-6-4-3-5-7-10)11-9-34-20(23-11)24-12(28)8-22/h3-7,9,14-15,18H,8H2,1-2H3,(H,25,29)(H,31,32)(H,23,24,28)/b26-13-/t14-,15-,18+/m0/s1. The molecule has 0 saturated carbocycles. The molecule has 184 valence electrons. The molecular formula is C21H20ClN5O6S2. The van der Waals surface area contributed by atoms with E-state index in [-0.39, 0.29) is 22.4 Å². The lowest BCUT2D eigenvalue weighted by atomic mass is 9.96. The second-order valence-corrected chi connectivity index (χ2v) is 11.0. The van der Waals surface area contributed by atoms with Gasteiger partial charge in [-0.3, -0.25) is 14.4 Å². The Morgan fingerprint density at radius 2 is 2.00 bits per heavy atom. The minimum Gasteiger partial charge on any atom is -0.480 e. The van der Waals surface area contributed by atoms with Crippen LogP contribution in [0.1, 0.15) is 19.5 Å². The number of halogens is 1. The van der Waals surface area contributed by atoms with E-state index in [4.69, 9.17) is 16.4 Å². The molecule has 2 saturated heterocycles. The fourth-order valence-corrected chi connectivity index (χ4v) is 6.14. The molecule has 3 atom stereocenters. The number of para-hydroxylation sites is 1. The number of carboxylic acids is 1. The summed E-state index contributed by atoms with van der Waals surface area (Å²) >= 11 is 7.87. The maximum absolute atomic E-state index is 13.2. The van der Waals surface area contributed by atoms with Crippen LogP contribution in [0.2, 0.25) is 0 Å². The Labute approximate surface area is 212 Å². The van der Waals surface area contributed by atoms with Crippen molar-refractivity contribution in [1.29, 1.82) is 0 Å². The molecule has 1 aromatic heterocycles. The van der Waals surface area contributed by atoms with E-state index in [1.807, 2.05) is 0 Å². The molecule has 3 amide bonds. The van der Waals surface area contributed by atoms with Gasteiger partial charge in [-0.25, -0.2) is 9.78 Å². The van der Waals surface area contributed by atoms with Gasteiger partial charge >= 0.3 is 5.97 Å². The number of aliphatic carboxylic acids is 1. The average Bonchev–Trinajstić information content (AvgIpc) is 3.38. The highest BCUT2D eigenvalue weighted by Gasteiger charge is 2.64. The number of alkyl halides is 1. The number of thiazole rings is 1. The van der Waals surface area contributed by atoms with E-state index in [0.717, 1.165) is 11.3 Å². The molecule has 2 aromatic rings. The molecule has 2 aliphatic rings. The van der Waals surface area contributed by atoms with Crippen LogP contribution in [-0.2, 0) is 19.2 Å². The minimum atomic E-state index is -1.10. The number of nitrogens with zero attached hydrogens (tertiary/aromatic N) is 3. The minimum absolute atomic E-state index is 0.111. The van der Waals surface area contributed by atoms with Crippen LogP contribution in [0.4, 0.5) is 5.13 Å². The Hall–Kier alpha value is -3.16. The van der Waals surface area contributed by atoms with E-state index in [2.05, 4.69) is 20.8 Å². The highest BCUT2D eigenvalue weighted by Crippen LogP contribution is 2.50. The summed E-state index contributed by atoms with van der Waals surface area (Å²) in [6.07, 6.45) is 0. The third-order valence-electron chi connectivity index (χ3n) is 5.28. The third kappa shape index (κ3) is 4.97. The molecule has 0 bridgehead atoms. The van der Waals surface area contributed by atoms with E-state index in [1.54, 1.807) is 44.2 Å². The summed E-state index contributed by atoms with van der Waals surface area (Å²) in [5.41, 5.74) is -0.112. The largest absolute Gasteiger partial charge is 0.480 e. The highest BCUT2D eigenvalue weighted by molar-refractivity contribution is 8.01. The monoisotopic (exact) mass is 537 g/mol. The van der Waals surface area contributed by atoms with Gasteiger partial charge < -0.3 is 25.5 Å². The van der Waals surface area contributed by atoms with Crippen molar-refractivity contribution in [2.45, 2.75) is 36.1 Å². The maximum atomic E-state index is 13.2. The number of thioether (sulfide) groups is 1. The van der Waals surface area contributed by atoms with Gasteiger partial charge in [0.25, 0.3) is 5.91 Å². The van der Waals surface area contributed by atoms with Gasteiger partial charge in [-0.1, -0.05) is 23.4 Å². The van der Waals surface area contributed by atoms with Crippen LogP contribution in [0.25, 0.3) is 0 Å². The number of carbonyl (C=O) groups is 4. The molecule has 2 fully saturated rings. The smallest absolute Gasteiger partial charge is 0.327 e. The molecule has 3 heterocycles. The molecule has 2 aliphatic heterocycles. The number of amides is 3. The van der Waals surface area contributed by atoms with Crippen molar-refractivity contribution in [1.82, 2.24) is 15.2 Å². The van der Waals surface area contributed by atoms with Crippen molar-refractivity contribution in [2.24, 2.45) is 5.16 Å². The number of β-lactam (4-membered cyclic amide) rings is 1. The van der Waals surface area contributed by atoms with Crippen LogP contribution >= 0.6 is 34.7 Å². The van der Waals surface area contributed by atoms with Gasteiger partial charge in [-0.2, -0.15) is 0 Å². The topological polar surface area (TPSA) is 150 Å². The van der Waals surface area contributed by atoms with Crippen molar-refractivity contribution in [3.05, 3.63) is 41.4 Å². The molecule has 1 aromatic carbocycles. The predicted molar refractivity (Wildman–Crippen MR) is 131 cm³/mol. The lowest BCUT2D eigenvalue weighted by molar-refractivity contribution is -0.160. The average molecular weight is 538 g/mol. The first-order chi connectivity index (χ1) is 16.6. The first-order valence-corrected chi connectivity index (χ1v) is 12.6. The molecule has 0 spiro atoms. The van der Waals surface area contributed by atoms with E-state index in [0.29, 0.717) is 5.75 Å². The number of oxime groups is 1. The fourth-order valence-electron chi connectivity index (χ4n) is 3.73. The van der Waals surface area contributed by atoms with Gasteiger partial charge in [0, 0.05) is 10.1 Å². The van der Waals surface area contributed by atoms with Crippen molar-refractivity contribution in [3.8, 4) is 5.75 Å². The Morgan fingerprint density at radius 3 is 2.66 bits per heavy atom. The molecule has 35 heavy (non-hydrogen) atoms. The van der Waals surface area contributed by atoms with Crippen LogP contribution in [0.5, 0.6) is 5.75 Å². The van der Waals surface area contributed by atoms with Gasteiger partial charge in [-0.05, 0) is 26.0 Å². The molecule has 0 radical (unpaired) electrons. The van der Waals surface area contributed by atoms with Gasteiger partial charge in [0.2, 0.25) is 11.8 Å². The number of rotatable bonds is 8. The molecular weight excluding hydrogens is 518 g/mol. The van der Waals surface area contributed by atoms with Crippen molar-refractivity contribution in [3.63, 3.8) is 0 Å². The number of aromatic nitrogens is 1. The van der Waals surface area contributed by atoms with Crippen molar-refractivity contribution < 1.29 is 29.1 Å². The second-order valence-electron chi connectivity index (χ2n) is 8.11. The van der Waals surface area contributed by atoms with E-state index in [9.17, 15) is 24.3 Å². The number of nitrogens with one attached hydrogen (secondary N) is 2. The normalized spacial score (nSPS) is 22.7. The van der Waals surface area contributed by atoms with Crippen LogP contribution < -0.4 is 15.5 Å². The van der Waals surface area contributed by atoms with Gasteiger partial charge in [0.15, 0.2) is 16.6 Å². The lowest BCUT2D eigenvalue weighted by Gasteiger charge is -2.43. The van der Waals surface area contributed by atoms with Gasteiger partial charge in [0.05, 0.1) is 0 Å². The summed E-state index contributed by atoms with van der Waals surface area (Å²) in [7, 11) is 0. The first-order valence-electron chi connectivity index (χ1n) is 10.3. The van der Waals surface area contributed by atoms with Crippen molar-refractivity contribution in [2.75, 3.05) is 11.2 Å². The third-order valence-corrected chi connectivity index (χ3v) is 7.85. The molecule has 11 nitrogen and oxygen atoms in total. The summed E-state index contributed by atoms with van der Waals surface area (Å²) in [5, 5.41) is 19.8. The maximum Gasteiger partial charge on any atom is 0.327 e. The molecule has 0 aliphatic carbocycles. The van der Waals surface area contributed by atoms with Gasteiger partial charge in [0.1, 0.15) is 29.0 Å². The Kier molecular flexibility index (Phi) is 7.01. The van der Waals surface area contributed by atoms with Crippen LogP contribution in [0.15, 0.2) is 40.9 Å². The van der Waals surface area contributed by atoms with Crippen molar-refractivity contribution >= 4 is 69.2 Å². The number of fused-ring (bicyclic) bond motifs is 1. The molecule has 4 rings (SSSR count). The lowest BCUT2D eigenvalue weighted by Crippen LogP contribution is -2.71. The fraction of sp³-hybridized carbons (Fsp3) is 0.333. The predicted octanol–water partition coefficient (Wildman–Crippen LogP) is 1.74.